The van der Waals surface area contributed by atoms with Crippen molar-refractivity contribution < 1.29 is 19.0 Å². The van der Waals surface area contributed by atoms with Crippen LogP contribution in [0.5, 0.6) is 11.5 Å². The number of piperidine rings is 1. The Hall–Kier alpha value is -2.73. The second-order valence-corrected chi connectivity index (χ2v) is 8.79. The van der Waals surface area contributed by atoms with Crippen LogP contribution in [0.1, 0.15) is 39.2 Å². The number of ether oxygens (including phenoxy) is 3. The Labute approximate surface area is 185 Å². The summed E-state index contributed by atoms with van der Waals surface area (Å²) in [5.41, 5.74) is 0.684. The zero-order valence-corrected chi connectivity index (χ0v) is 18.8. The van der Waals surface area contributed by atoms with Crippen LogP contribution < -0.4 is 14.8 Å². The fourth-order valence-electron chi connectivity index (χ4n) is 3.42. The Kier molecular flexibility index (Phi) is 8.18. The van der Waals surface area contributed by atoms with E-state index in [1.54, 1.807) is 4.90 Å². The summed E-state index contributed by atoms with van der Waals surface area (Å²) in [4.78, 5) is 13.9. The summed E-state index contributed by atoms with van der Waals surface area (Å²) < 4.78 is 17.2. The van der Waals surface area contributed by atoms with Crippen molar-refractivity contribution in [2.45, 2.75) is 51.9 Å². The first-order valence-corrected chi connectivity index (χ1v) is 11.0. The molecule has 168 valence electrons. The number of amides is 1. The fraction of sp³-hybridized carbons (Fsp3) is 0.480. The van der Waals surface area contributed by atoms with Gasteiger partial charge in [0.25, 0.3) is 0 Å². The van der Waals surface area contributed by atoms with Crippen molar-refractivity contribution in [3.8, 4) is 11.5 Å². The van der Waals surface area contributed by atoms with Gasteiger partial charge in [-0.25, -0.2) is 4.79 Å². The summed E-state index contributed by atoms with van der Waals surface area (Å²) in [6.45, 7) is 8.98. The van der Waals surface area contributed by atoms with E-state index in [1.165, 1.54) is 0 Å². The average molecular weight is 427 g/mol. The van der Waals surface area contributed by atoms with Crippen molar-refractivity contribution in [3.05, 3.63) is 60.2 Å². The molecule has 0 bridgehead atoms. The Balaban J connectivity index is 1.33. The average Bonchev–Trinajstić information content (AvgIpc) is 2.76. The molecule has 0 spiro atoms. The first-order valence-electron chi connectivity index (χ1n) is 11.0. The highest BCUT2D eigenvalue weighted by molar-refractivity contribution is 5.68. The van der Waals surface area contributed by atoms with Gasteiger partial charge in [-0.3, -0.25) is 0 Å². The van der Waals surface area contributed by atoms with Gasteiger partial charge in [0, 0.05) is 31.7 Å². The molecule has 0 unspecified atom stereocenters. The third-order valence-electron chi connectivity index (χ3n) is 5.00. The summed E-state index contributed by atoms with van der Waals surface area (Å²) in [6.07, 6.45) is 1.62. The van der Waals surface area contributed by atoms with Crippen LogP contribution in [0.4, 0.5) is 4.79 Å². The van der Waals surface area contributed by atoms with Crippen LogP contribution >= 0.6 is 0 Å². The van der Waals surface area contributed by atoms with Gasteiger partial charge in [-0.15, -0.1) is 0 Å². The molecule has 1 aliphatic heterocycles. The van der Waals surface area contributed by atoms with Gasteiger partial charge in [-0.2, -0.15) is 0 Å². The number of carbonyl (C=O) groups excluding carboxylic acids is 1. The first kappa shape index (κ1) is 22.9. The van der Waals surface area contributed by atoms with Gasteiger partial charge in [0.1, 0.15) is 30.3 Å². The van der Waals surface area contributed by atoms with Crippen molar-refractivity contribution >= 4 is 6.09 Å². The van der Waals surface area contributed by atoms with E-state index in [4.69, 9.17) is 14.2 Å². The Bertz CT molecular complexity index is 812. The molecule has 1 fully saturated rings. The van der Waals surface area contributed by atoms with E-state index in [1.807, 2.05) is 75.4 Å². The summed E-state index contributed by atoms with van der Waals surface area (Å²) in [6, 6.07) is 18.2. The van der Waals surface area contributed by atoms with Crippen LogP contribution in [0.2, 0.25) is 0 Å². The Morgan fingerprint density at radius 3 is 2.35 bits per heavy atom. The first-order chi connectivity index (χ1) is 14.9. The standard InChI is InChI=1S/C25H34N2O4/c1-25(2,3)31-24(28)27-15-12-21(13-16-27)26-14-17-29-22-10-7-11-23(18-22)30-19-20-8-5-4-6-9-20/h4-11,18,21,26H,12-17,19H2,1-3H3. The second kappa shape index (κ2) is 11.0. The summed E-state index contributed by atoms with van der Waals surface area (Å²) in [5.74, 6) is 1.59. The number of nitrogens with zero attached hydrogens (tertiary/aromatic N) is 1. The summed E-state index contributed by atoms with van der Waals surface area (Å²) in [7, 11) is 0. The molecule has 1 heterocycles. The van der Waals surface area contributed by atoms with E-state index >= 15 is 0 Å². The molecule has 0 radical (unpaired) electrons. The SMILES string of the molecule is CC(C)(C)OC(=O)N1CCC(NCCOc2cccc(OCc3ccccc3)c2)CC1. The molecule has 1 aliphatic rings. The molecule has 2 aromatic rings. The normalized spacial score (nSPS) is 14.9. The predicted octanol–water partition coefficient (Wildman–Crippen LogP) is 4.63. The number of hydrogen-bond donors (Lipinski definition) is 1. The quantitative estimate of drug-likeness (QED) is 0.624. The lowest BCUT2D eigenvalue weighted by Gasteiger charge is -2.33. The molecule has 0 saturated carbocycles. The molecule has 0 aromatic heterocycles. The Morgan fingerprint density at radius 1 is 1.00 bits per heavy atom. The minimum Gasteiger partial charge on any atom is -0.492 e. The number of benzene rings is 2. The van der Waals surface area contributed by atoms with Crippen molar-refractivity contribution in [1.82, 2.24) is 10.2 Å². The van der Waals surface area contributed by atoms with Crippen LogP contribution in [-0.2, 0) is 11.3 Å². The minimum absolute atomic E-state index is 0.219. The maximum absolute atomic E-state index is 12.1. The molecule has 31 heavy (non-hydrogen) atoms. The van der Waals surface area contributed by atoms with Crippen LogP contribution in [0, 0.1) is 0 Å². The highest BCUT2D eigenvalue weighted by Crippen LogP contribution is 2.20. The van der Waals surface area contributed by atoms with E-state index in [2.05, 4.69) is 5.32 Å². The van der Waals surface area contributed by atoms with Crippen LogP contribution in [-0.4, -0.2) is 48.9 Å². The molecule has 3 rings (SSSR count). The number of hydrogen-bond acceptors (Lipinski definition) is 5. The van der Waals surface area contributed by atoms with Gasteiger partial charge in [0.2, 0.25) is 0 Å². The lowest BCUT2D eigenvalue weighted by atomic mass is 10.1. The van der Waals surface area contributed by atoms with Gasteiger partial charge in [-0.05, 0) is 51.3 Å². The topological polar surface area (TPSA) is 60.0 Å². The van der Waals surface area contributed by atoms with E-state index in [0.717, 1.165) is 36.4 Å². The number of carbonyl (C=O) groups is 1. The van der Waals surface area contributed by atoms with Gasteiger partial charge in [0.05, 0.1) is 0 Å². The van der Waals surface area contributed by atoms with Gasteiger partial charge < -0.3 is 24.4 Å². The van der Waals surface area contributed by atoms with Crippen LogP contribution in [0.25, 0.3) is 0 Å². The smallest absolute Gasteiger partial charge is 0.410 e. The molecular weight excluding hydrogens is 392 g/mol. The fourth-order valence-corrected chi connectivity index (χ4v) is 3.42. The lowest BCUT2D eigenvalue weighted by molar-refractivity contribution is 0.0197. The minimum atomic E-state index is -0.451. The lowest BCUT2D eigenvalue weighted by Crippen LogP contribution is -2.47. The molecule has 1 amide bonds. The van der Waals surface area contributed by atoms with Crippen LogP contribution in [0.3, 0.4) is 0 Å². The van der Waals surface area contributed by atoms with Crippen LogP contribution in [0.15, 0.2) is 54.6 Å². The number of nitrogens with one attached hydrogen (secondary N) is 1. The highest BCUT2D eigenvalue weighted by Gasteiger charge is 2.26. The van der Waals surface area contributed by atoms with E-state index in [0.29, 0.717) is 32.3 Å². The molecule has 6 nitrogen and oxygen atoms in total. The van der Waals surface area contributed by atoms with E-state index in [-0.39, 0.29) is 6.09 Å². The second-order valence-electron chi connectivity index (χ2n) is 8.79. The van der Waals surface area contributed by atoms with Crippen molar-refractivity contribution in [3.63, 3.8) is 0 Å². The Morgan fingerprint density at radius 2 is 1.68 bits per heavy atom. The third kappa shape index (κ3) is 8.13. The zero-order chi connectivity index (χ0) is 22.1. The maximum Gasteiger partial charge on any atom is 0.410 e. The molecule has 0 atom stereocenters. The molecule has 6 heteroatoms. The summed E-state index contributed by atoms with van der Waals surface area (Å²) in [5, 5.41) is 3.53. The molecular formula is C25H34N2O4. The summed E-state index contributed by atoms with van der Waals surface area (Å²) >= 11 is 0. The van der Waals surface area contributed by atoms with E-state index in [9.17, 15) is 4.79 Å². The zero-order valence-electron chi connectivity index (χ0n) is 18.8. The van der Waals surface area contributed by atoms with Crippen molar-refractivity contribution in [1.29, 1.82) is 0 Å². The van der Waals surface area contributed by atoms with Gasteiger partial charge in [0.15, 0.2) is 0 Å². The third-order valence-corrected chi connectivity index (χ3v) is 5.00. The molecule has 2 aromatic carbocycles. The largest absolute Gasteiger partial charge is 0.492 e. The molecule has 1 N–H and O–H groups in total. The molecule has 1 saturated heterocycles. The number of likely N-dealkylation sites (tertiary alicyclic amines) is 1. The highest BCUT2D eigenvalue weighted by atomic mass is 16.6. The molecule has 0 aliphatic carbocycles. The predicted molar refractivity (Wildman–Crippen MR) is 122 cm³/mol. The monoisotopic (exact) mass is 426 g/mol. The van der Waals surface area contributed by atoms with Gasteiger partial charge in [-0.1, -0.05) is 36.4 Å². The van der Waals surface area contributed by atoms with Crippen molar-refractivity contribution in [2.24, 2.45) is 0 Å². The van der Waals surface area contributed by atoms with E-state index < -0.39 is 5.60 Å². The van der Waals surface area contributed by atoms with Gasteiger partial charge >= 0.3 is 6.09 Å². The number of rotatable bonds is 8. The maximum atomic E-state index is 12.1. The van der Waals surface area contributed by atoms with Crippen molar-refractivity contribution in [2.75, 3.05) is 26.2 Å².